The van der Waals surface area contributed by atoms with E-state index in [1.807, 2.05) is 0 Å². The quantitative estimate of drug-likeness (QED) is 0.636. The summed E-state index contributed by atoms with van der Waals surface area (Å²) in [6.45, 7) is 0. The van der Waals surface area contributed by atoms with Gasteiger partial charge in [-0.15, -0.1) is 0 Å². The van der Waals surface area contributed by atoms with Crippen LogP contribution in [0.1, 0.15) is 20.7 Å². The molecule has 2 aromatic rings. The van der Waals surface area contributed by atoms with Crippen LogP contribution in [0, 0.1) is 0 Å². The fourth-order valence-corrected chi connectivity index (χ4v) is 2.03. The van der Waals surface area contributed by atoms with Gasteiger partial charge in [0, 0.05) is 10.2 Å². The topological polar surface area (TPSA) is 107 Å². The van der Waals surface area contributed by atoms with E-state index >= 15 is 0 Å². The lowest BCUT2D eigenvalue weighted by Gasteiger charge is -2.08. The molecule has 21 heavy (non-hydrogen) atoms. The highest BCUT2D eigenvalue weighted by atomic mass is 79.9. The van der Waals surface area contributed by atoms with Crippen LogP contribution in [-0.2, 0) is 0 Å². The Labute approximate surface area is 127 Å². The first-order valence-corrected chi connectivity index (χ1v) is 6.54. The second-order valence-electron chi connectivity index (χ2n) is 4.15. The Balaban J connectivity index is 2.27. The van der Waals surface area contributed by atoms with Crippen molar-refractivity contribution < 1.29 is 24.9 Å². The van der Waals surface area contributed by atoms with Gasteiger partial charge in [0.25, 0.3) is 5.91 Å². The fourth-order valence-electron chi connectivity index (χ4n) is 1.68. The molecule has 0 saturated heterocycles. The molecule has 0 radical (unpaired) electrons. The Hall–Kier alpha value is -2.54. The third kappa shape index (κ3) is 3.32. The number of nitrogens with one attached hydrogen (secondary N) is 1. The molecule has 2 rings (SSSR count). The Morgan fingerprint density at radius 2 is 1.67 bits per heavy atom. The highest BCUT2D eigenvalue weighted by Gasteiger charge is 2.14. The summed E-state index contributed by atoms with van der Waals surface area (Å²) in [7, 11) is 0. The number of benzene rings is 2. The van der Waals surface area contributed by atoms with Crippen molar-refractivity contribution in [3.8, 4) is 11.5 Å². The maximum atomic E-state index is 12.0. The van der Waals surface area contributed by atoms with Crippen molar-refractivity contribution in [1.29, 1.82) is 0 Å². The van der Waals surface area contributed by atoms with Crippen LogP contribution in [0.5, 0.6) is 11.5 Å². The number of phenols is 2. The smallest absolute Gasteiger partial charge is 0.339 e. The van der Waals surface area contributed by atoms with Gasteiger partial charge in [-0.1, -0.05) is 15.9 Å². The maximum absolute atomic E-state index is 12.0. The van der Waals surface area contributed by atoms with Crippen molar-refractivity contribution >= 4 is 33.5 Å². The summed E-state index contributed by atoms with van der Waals surface area (Å²) in [4.78, 5) is 22.9. The summed E-state index contributed by atoms with van der Waals surface area (Å²) < 4.78 is 0.620. The van der Waals surface area contributed by atoms with E-state index in [0.29, 0.717) is 4.47 Å². The van der Waals surface area contributed by atoms with Crippen molar-refractivity contribution in [3.05, 3.63) is 52.0 Å². The lowest BCUT2D eigenvalue weighted by atomic mass is 10.1. The standard InChI is InChI=1S/C14H10BrNO5/c15-7-1-3-9(12(18)5-7)13(19)16-8-2-4-11(17)10(6-8)14(20)21/h1-6,17-18H,(H,16,19)(H,20,21). The van der Waals surface area contributed by atoms with Crippen LogP contribution in [-0.4, -0.2) is 27.2 Å². The number of rotatable bonds is 3. The number of aromatic hydroxyl groups is 2. The van der Waals surface area contributed by atoms with E-state index in [1.54, 1.807) is 6.07 Å². The number of phenolic OH excluding ortho intramolecular Hbond substituents is 1. The second-order valence-corrected chi connectivity index (χ2v) is 5.07. The van der Waals surface area contributed by atoms with Gasteiger partial charge in [-0.05, 0) is 36.4 Å². The van der Waals surface area contributed by atoms with Gasteiger partial charge in [-0.2, -0.15) is 0 Å². The third-order valence-corrected chi connectivity index (χ3v) is 3.18. The van der Waals surface area contributed by atoms with Crippen LogP contribution in [0.2, 0.25) is 0 Å². The van der Waals surface area contributed by atoms with E-state index in [2.05, 4.69) is 21.2 Å². The molecule has 0 saturated carbocycles. The largest absolute Gasteiger partial charge is 0.507 e. The average molecular weight is 352 g/mol. The lowest BCUT2D eigenvalue weighted by Crippen LogP contribution is -2.12. The van der Waals surface area contributed by atoms with Gasteiger partial charge >= 0.3 is 5.97 Å². The van der Waals surface area contributed by atoms with Gasteiger partial charge in [0.2, 0.25) is 0 Å². The Kier molecular flexibility index (Phi) is 4.13. The number of carboxylic acids is 1. The predicted molar refractivity (Wildman–Crippen MR) is 78.8 cm³/mol. The Morgan fingerprint density at radius 1 is 0.952 bits per heavy atom. The van der Waals surface area contributed by atoms with Crippen LogP contribution in [0.15, 0.2) is 40.9 Å². The van der Waals surface area contributed by atoms with Gasteiger partial charge in [0.15, 0.2) is 0 Å². The summed E-state index contributed by atoms with van der Waals surface area (Å²) in [5, 5.41) is 30.4. The van der Waals surface area contributed by atoms with Gasteiger partial charge in [0.1, 0.15) is 17.1 Å². The number of carboxylic acid groups (broad SMARTS) is 1. The highest BCUT2D eigenvalue weighted by molar-refractivity contribution is 9.10. The second kappa shape index (κ2) is 5.84. The van der Waals surface area contributed by atoms with Crippen LogP contribution in [0.3, 0.4) is 0 Å². The molecule has 4 N–H and O–H groups in total. The number of amides is 1. The third-order valence-electron chi connectivity index (χ3n) is 2.69. The minimum atomic E-state index is -1.31. The molecule has 0 unspecified atom stereocenters. The zero-order chi connectivity index (χ0) is 15.6. The number of anilines is 1. The van der Waals surface area contributed by atoms with Crippen molar-refractivity contribution in [3.63, 3.8) is 0 Å². The molecule has 0 heterocycles. The summed E-state index contributed by atoms with van der Waals surface area (Å²) in [6.07, 6.45) is 0. The first kappa shape index (κ1) is 14.9. The summed E-state index contributed by atoms with van der Waals surface area (Å²) >= 11 is 3.16. The van der Waals surface area contributed by atoms with Crippen LogP contribution < -0.4 is 5.32 Å². The molecule has 108 valence electrons. The van der Waals surface area contributed by atoms with Crippen LogP contribution in [0.25, 0.3) is 0 Å². The first-order valence-electron chi connectivity index (χ1n) is 5.74. The predicted octanol–water partition coefficient (Wildman–Crippen LogP) is 2.81. The molecular weight excluding hydrogens is 342 g/mol. The molecule has 7 heteroatoms. The Morgan fingerprint density at radius 3 is 2.29 bits per heavy atom. The van der Waals surface area contributed by atoms with Crippen molar-refractivity contribution in [2.24, 2.45) is 0 Å². The SMILES string of the molecule is O=C(O)c1cc(NC(=O)c2ccc(Br)cc2O)ccc1O. The molecule has 0 aliphatic carbocycles. The molecule has 2 aromatic carbocycles. The van der Waals surface area contributed by atoms with Crippen molar-refractivity contribution in [2.75, 3.05) is 5.32 Å². The Bertz CT molecular complexity index is 729. The van der Waals surface area contributed by atoms with E-state index in [-0.39, 0.29) is 22.6 Å². The number of hydrogen-bond acceptors (Lipinski definition) is 4. The van der Waals surface area contributed by atoms with Gasteiger partial charge in [-0.3, -0.25) is 4.79 Å². The van der Waals surface area contributed by atoms with Crippen molar-refractivity contribution in [2.45, 2.75) is 0 Å². The molecule has 0 bridgehead atoms. The zero-order valence-electron chi connectivity index (χ0n) is 10.5. The van der Waals surface area contributed by atoms with Gasteiger partial charge in [-0.25, -0.2) is 4.79 Å². The molecular formula is C14H10BrNO5. The van der Waals surface area contributed by atoms with E-state index in [0.717, 1.165) is 6.07 Å². The van der Waals surface area contributed by atoms with Crippen LogP contribution >= 0.6 is 15.9 Å². The minimum absolute atomic E-state index is 0.0446. The summed E-state index contributed by atoms with van der Waals surface area (Å²) in [6, 6.07) is 8.04. The highest BCUT2D eigenvalue weighted by Crippen LogP contribution is 2.25. The van der Waals surface area contributed by atoms with E-state index in [4.69, 9.17) is 5.11 Å². The number of carbonyl (C=O) groups excluding carboxylic acids is 1. The molecule has 0 aromatic heterocycles. The zero-order valence-corrected chi connectivity index (χ0v) is 12.1. The van der Waals surface area contributed by atoms with E-state index in [9.17, 15) is 19.8 Å². The monoisotopic (exact) mass is 351 g/mol. The summed E-state index contributed by atoms with van der Waals surface area (Å²) in [5.41, 5.74) is -0.0894. The molecule has 0 fully saturated rings. The number of carbonyl (C=O) groups is 2. The lowest BCUT2D eigenvalue weighted by molar-refractivity contribution is 0.0693. The molecule has 0 aliphatic rings. The van der Waals surface area contributed by atoms with Crippen molar-refractivity contribution in [1.82, 2.24) is 0 Å². The molecule has 0 atom stereocenters. The van der Waals surface area contributed by atoms with Gasteiger partial charge < -0.3 is 20.6 Å². The van der Waals surface area contributed by atoms with Gasteiger partial charge in [0.05, 0.1) is 5.56 Å². The number of hydrogen-bond donors (Lipinski definition) is 4. The summed E-state index contributed by atoms with van der Waals surface area (Å²) in [5.74, 6) is -2.51. The number of aromatic carboxylic acids is 1. The molecule has 0 spiro atoms. The fraction of sp³-hybridized carbons (Fsp3) is 0. The molecule has 6 nitrogen and oxygen atoms in total. The average Bonchev–Trinajstić information content (AvgIpc) is 2.40. The maximum Gasteiger partial charge on any atom is 0.339 e. The molecule has 0 aliphatic heterocycles. The number of halogens is 1. The minimum Gasteiger partial charge on any atom is -0.507 e. The molecule has 1 amide bonds. The van der Waals surface area contributed by atoms with E-state index in [1.165, 1.54) is 24.3 Å². The van der Waals surface area contributed by atoms with Crippen LogP contribution in [0.4, 0.5) is 5.69 Å². The van der Waals surface area contributed by atoms with E-state index < -0.39 is 17.6 Å². The normalized spacial score (nSPS) is 10.1. The first-order chi connectivity index (χ1) is 9.88.